The first-order valence-corrected chi connectivity index (χ1v) is 9.27. The maximum absolute atomic E-state index is 13.9. The van der Waals surface area contributed by atoms with Crippen LogP contribution in [0.2, 0.25) is 0 Å². The predicted octanol–water partition coefficient (Wildman–Crippen LogP) is 5.34. The van der Waals surface area contributed by atoms with Gasteiger partial charge in [0.1, 0.15) is 11.6 Å². The molecule has 1 aromatic heterocycles. The molecule has 2 amide bonds. The van der Waals surface area contributed by atoms with Crippen LogP contribution in [0.5, 0.6) is 0 Å². The van der Waals surface area contributed by atoms with Gasteiger partial charge in [0, 0.05) is 31.0 Å². The van der Waals surface area contributed by atoms with Gasteiger partial charge in [0.05, 0.1) is 12.2 Å². The van der Waals surface area contributed by atoms with Crippen LogP contribution in [0.1, 0.15) is 16.8 Å². The molecule has 4 nitrogen and oxygen atoms in total. The van der Waals surface area contributed by atoms with Gasteiger partial charge in [-0.25, -0.2) is 13.6 Å². The molecule has 0 aliphatic rings. The summed E-state index contributed by atoms with van der Waals surface area (Å²) in [7, 11) is 0. The zero-order valence-electron chi connectivity index (χ0n) is 16.2. The Labute approximate surface area is 169 Å². The number of rotatable bonds is 7. The van der Waals surface area contributed by atoms with Crippen molar-refractivity contribution in [2.24, 2.45) is 0 Å². The maximum atomic E-state index is 13.9. The molecule has 0 spiro atoms. The summed E-state index contributed by atoms with van der Waals surface area (Å²) in [4.78, 5) is 14.2. The predicted molar refractivity (Wildman–Crippen MR) is 111 cm³/mol. The van der Waals surface area contributed by atoms with Crippen molar-refractivity contribution in [3.63, 3.8) is 0 Å². The average Bonchev–Trinajstić information content (AvgIpc) is 3.10. The fourth-order valence-electron chi connectivity index (χ4n) is 3.11. The first kappa shape index (κ1) is 20.3. The summed E-state index contributed by atoms with van der Waals surface area (Å²) in [5.41, 5.74) is 3.21. The van der Waals surface area contributed by atoms with Gasteiger partial charge in [-0.1, -0.05) is 35.9 Å². The van der Waals surface area contributed by atoms with E-state index in [0.29, 0.717) is 13.1 Å². The summed E-state index contributed by atoms with van der Waals surface area (Å²) in [6.07, 6.45) is 3.57. The van der Waals surface area contributed by atoms with Crippen LogP contribution in [0.15, 0.2) is 73.4 Å². The van der Waals surface area contributed by atoms with Gasteiger partial charge in [-0.3, -0.25) is 0 Å². The standard InChI is InChI=1S/C23H23F2N3O/c1-3-11-28(23(29)26-22-10-9-19(24)14-21(22)25)16-20-8-5-12-27(20)15-18-7-4-6-17(2)13-18/h3-10,12-14H,1,11,15-16H2,2H3,(H,26,29). The number of halogens is 2. The van der Waals surface area contributed by atoms with E-state index in [4.69, 9.17) is 0 Å². The number of aryl methyl sites for hydroxylation is 1. The molecule has 0 radical (unpaired) electrons. The lowest BCUT2D eigenvalue weighted by Gasteiger charge is -2.23. The smallest absolute Gasteiger partial charge is 0.322 e. The highest BCUT2D eigenvalue weighted by Gasteiger charge is 2.16. The Morgan fingerprint density at radius 1 is 1.17 bits per heavy atom. The third kappa shape index (κ3) is 5.31. The highest BCUT2D eigenvalue weighted by Crippen LogP contribution is 2.17. The normalized spacial score (nSPS) is 10.6. The van der Waals surface area contributed by atoms with Crippen LogP contribution in [-0.4, -0.2) is 22.0 Å². The summed E-state index contributed by atoms with van der Waals surface area (Å²) >= 11 is 0. The number of benzene rings is 2. The second kappa shape index (κ2) is 9.19. The summed E-state index contributed by atoms with van der Waals surface area (Å²) in [6.45, 7) is 7.02. The zero-order valence-corrected chi connectivity index (χ0v) is 16.2. The quantitative estimate of drug-likeness (QED) is 0.539. The largest absolute Gasteiger partial charge is 0.345 e. The number of amides is 2. The Morgan fingerprint density at radius 2 is 2.00 bits per heavy atom. The van der Waals surface area contributed by atoms with Gasteiger partial charge < -0.3 is 14.8 Å². The molecule has 6 heteroatoms. The highest BCUT2D eigenvalue weighted by molar-refractivity contribution is 5.89. The highest BCUT2D eigenvalue weighted by atomic mass is 19.1. The van der Waals surface area contributed by atoms with E-state index in [2.05, 4.69) is 28.6 Å². The molecule has 0 bridgehead atoms. The van der Waals surface area contributed by atoms with Gasteiger partial charge >= 0.3 is 6.03 Å². The summed E-state index contributed by atoms with van der Waals surface area (Å²) < 4.78 is 29.0. The number of nitrogens with one attached hydrogen (secondary N) is 1. The van der Waals surface area contributed by atoms with E-state index < -0.39 is 17.7 Å². The Balaban J connectivity index is 1.74. The molecule has 2 aromatic carbocycles. The van der Waals surface area contributed by atoms with Crippen LogP contribution < -0.4 is 5.32 Å². The van der Waals surface area contributed by atoms with Gasteiger partial charge in [0.25, 0.3) is 0 Å². The SMILES string of the molecule is C=CCN(Cc1cccn1Cc1cccc(C)c1)C(=O)Nc1ccc(F)cc1F. The van der Waals surface area contributed by atoms with Crippen molar-refractivity contribution in [1.29, 1.82) is 0 Å². The van der Waals surface area contributed by atoms with Crippen molar-refractivity contribution in [2.75, 3.05) is 11.9 Å². The fraction of sp³-hybridized carbons (Fsp3) is 0.174. The zero-order chi connectivity index (χ0) is 20.8. The second-order valence-corrected chi connectivity index (χ2v) is 6.84. The Bertz CT molecular complexity index is 1010. The van der Waals surface area contributed by atoms with Gasteiger partial charge in [0.15, 0.2) is 0 Å². The number of aromatic nitrogens is 1. The van der Waals surface area contributed by atoms with Crippen molar-refractivity contribution < 1.29 is 13.6 Å². The minimum Gasteiger partial charge on any atom is -0.345 e. The molecule has 0 aliphatic heterocycles. The van der Waals surface area contributed by atoms with E-state index in [-0.39, 0.29) is 12.2 Å². The Morgan fingerprint density at radius 3 is 2.72 bits per heavy atom. The molecular weight excluding hydrogens is 372 g/mol. The van der Waals surface area contributed by atoms with Crippen molar-refractivity contribution >= 4 is 11.7 Å². The summed E-state index contributed by atoms with van der Waals surface area (Å²) in [6, 6.07) is 14.7. The van der Waals surface area contributed by atoms with Crippen molar-refractivity contribution in [1.82, 2.24) is 9.47 Å². The molecule has 3 rings (SSSR count). The molecule has 0 unspecified atom stereocenters. The van der Waals surface area contributed by atoms with E-state index in [1.54, 1.807) is 6.08 Å². The first-order valence-electron chi connectivity index (χ1n) is 9.27. The van der Waals surface area contributed by atoms with Gasteiger partial charge in [-0.15, -0.1) is 6.58 Å². The van der Waals surface area contributed by atoms with Gasteiger partial charge in [-0.2, -0.15) is 0 Å². The lowest BCUT2D eigenvalue weighted by molar-refractivity contribution is 0.213. The molecule has 1 heterocycles. The van der Waals surface area contributed by atoms with E-state index in [1.165, 1.54) is 16.5 Å². The van der Waals surface area contributed by atoms with E-state index >= 15 is 0 Å². The van der Waals surface area contributed by atoms with Gasteiger partial charge in [-0.05, 0) is 36.8 Å². The number of hydrogen-bond acceptors (Lipinski definition) is 1. The number of urea groups is 1. The lowest BCUT2D eigenvalue weighted by atomic mass is 10.1. The molecule has 0 saturated heterocycles. The number of hydrogen-bond donors (Lipinski definition) is 1. The topological polar surface area (TPSA) is 37.3 Å². The maximum Gasteiger partial charge on any atom is 0.322 e. The van der Waals surface area contributed by atoms with Crippen molar-refractivity contribution in [3.05, 3.63) is 102 Å². The molecule has 0 atom stereocenters. The molecule has 0 fully saturated rings. The Kier molecular flexibility index (Phi) is 6.44. The molecule has 150 valence electrons. The molecule has 1 N–H and O–H groups in total. The number of carbonyl (C=O) groups excluding carboxylic acids is 1. The third-order valence-electron chi connectivity index (χ3n) is 4.52. The fourth-order valence-corrected chi connectivity index (χ4v) is 3.11. The van der Waals surface area contributed by atoms with Crippen LogP contribution in [0, 0.1) is 18.6 Å². The third-order valence-corrected chi connectivity index (χ3v) is 4.52. The second-order valence-electron chi connectivity index (χ2n) is 6.84. The minimum absolute atomic E-state index is 0.0689. The average molecular weight is 395 g/mol. The number of carbonyl (C=O) groups is 1. The van der Waals surface area contributed by atoms with Gasteiger partial charge in [0.2, 0.25) is 0 Å². The van der Waals surface area contributed by atoms with Crippen LogP contribution in [0.4, 0.5) is 19.3 Å². The number of nitrogens with zero attached hydrogens (tertiary/aromatic N) is 2. The van der Waals surface area contributed by atoms with E-state index in [9.17, 15) is 13.6 Å². The molecule has 0 aliphatic carbocycles. The first-order chi connectivity index (χ1) is 14.0. The molecular formula is C23H23F2N3O. The number of anilines is 1. The minimum atomic E-state index is -0.820. The van der Waals surface area contributed by atoms with Crippen molar-refractivity contribution in [2.45, 2.75) is 20.0 Å². The van der Waals surface area contributed by atoms with Crippen LogP contribution >= 0.6 is 0 Å². The van der Waals surface area contributed by atoms with E-state index in [0.717, 1.165) is 23.4 Å². The lowest BCUT2D eigenvalue weighted by Crippen LogP contribution is -2.35. The summed E-state index contributed by atoms with van der Waals surface area (Å²) in [5, 5.41) is 2.50. The van der Waals surface area contributed by atoms with E-state index in [1.807, 2.05) is 37.4 Å². The molecule has 0 saturated carbocycles. The van der Waals surface area contributed by atoms with Crippen LogP contribution in [0.25, 0.3) is 0 Å². The van der Waals surface area contributed by atoms with Crippen molar-refractivity contribution in [3.8, 4) is 0 Å². The van der Waals surface area contributed by atoms with Crippen LogP contribution in [0.3, 0.4) is 0 Å². The molecule has 29 heavy (non-hydrogen) atoms. The molecule has 3 aromatic rings. The van der Waals surface area contributed by atoms with Crippen LogP contribution in [-0.2, 0) is 13.1 Å². The monoisotopic (exact) mass is 395 g/mol. The summed E-state index contributed by atoms with van der Waals surface area (Å²) in [5.74, 6) is -1.52. The Hall–Kier alpha value is -3.41.